The highest BCUT2D eigenvalue weighted by Crippen LogP contribution is 2.34. The third-order valence-electron chi connectivity index (χ3n) is 6.46. The van der Waals surface area contributed by atoms with E-state index in [1.54, 1.807) is 6.92 Å². The highest BCUT2D eigenvalue weighted by atomic mass is 32.2. The van der Waals surface area contributed by atoms with Crippen LogP contribution < -0.4 is 15.5 Å². The number of hydrogen-bond donors (Lipinski definition) is 2. The molecule has 10 heteroatoms. The highest BCUT2D eigenvalue weighted by Gasteiger charge is 2.35. The summed E-state index contributed by atoms with van der Waals surface area (Å²) in [5.74, 6) is 1.21. The predicted molar refractivity (Wildman–Crippen MR) is 126 cm³/mol. The minimum Gasteiger partial charge on any atom is -0.377 e. The summed E-state index contributed by atoms with van der Waals surface area (Å²) in [5, 5.41) is 5.27. The van der Waals surface area contributed by atoms with Crippen LogP contribution in [0.4, 0.5) is 16.3 Å². The standard InChI is InChI=1S/C23H29N5O4S/c1-14-12-32-10-9-28(14)22-19-13-33(30,31)15(2)11-20(19)26-21(27-22)16-3-5-17(6-4-16)24-23(29)25-18-7-8-18/h3-6,14-15,18H,7-13H2,1-2H3,(H2,24,25,29). The van der Waals surface area contributed by atoms with Gasteiger partial charge in [-0.05, 0) is 51.0 Å². The molecule has 2 unspecified atom stereocenters. The first-order chi connectivity index (χ1) is 15.8. The Bertz CT molecular complexity index is 1160. The van der Waals surface area contributed by atoms with Gasteiger partial charge in [0.2, 0.25) is 0 Å². The number of nitrogens with one attached hydrogen (secondary N) is 2. The van der Waals surface area contributed by atoms with Crippen molar-refractivity contribution in [3.63, 3.8) is 0 Å². The van der Waals surface area contributed by atoms with Crippen LogP contribution in [0.15, 0.2) is 24.3 Å². The number of hydrogen-bond acceptors (Lipinski definition) is 7. The Morgan fingerprint density at radius 2 is 1.91 bits per heavy atom. The number of fused-ring (bicyclic) bond motifs is 1. The second kappa shape index (κ2) is 8.57. The number of benzene rings is 1. The van der Waals surface area contributed by atoms with Crippen LogP contribution in [0.1, 0.15) is 37.9 Å². The summed E-state index contributed by atoms with van der Waals surface area (Å²) in [5.41, 5.74) is 3.01. The zero-order valence-corrected chi connectivity index (χ0v) is 19.7. The first-order valence-corrected chi connectivity index (χ1v) is 13.2. The second-order valence-corrected chi connectivity index (χ2v) is 11.6. The fourth-order valence-corrected chi connectivity index (χ4v) is 5.66. The van der Waals surface area contributed by atoms with E-state index in [1.165, 1.54) is 0 Å². The van der Waals surface area contributed by atoms with E-state index in [-0.39, 0.29) is 17.8 Å². The number of morpholine rings is 1. The molecular weight excluding hydrogens is 442 g/mol. The second-order valence-electron chi connectivity index (χ2n) is 9.19. The van der Waals surface area contributed by atoms with E-state index in [4.69, 9.17) is 14.7 Å². The van der Waals surface area contributed by atoms with Gasteiger partial charge in [-0.15, -0.1) is 0 Å². The molecule has 3 heterocycles. The van der Waals surface area contributed by atoms with Gasteiger partial charge in [0.1, 0.15) is 5.82 Å². The molecule has 3 aliphatic rings. The molecule has 9 nitrogen and oxygen atoms in total. The summed E-state index contributed by atoms with van der Waals surface area (Å²) >= 11 is 0. The van der Waals surface area contributed by atoms with Crippen molar-refractivity contribution in [1.29, 1.82) is 0 Å². The molecule has 1 aromatic heterocycles. The number of nitrogens with zero attached hydrogens (tertiary/aromatic N) is 3. The molecule has 176 valence electrons. The van der Waals surface area contributed by atoms with E-state index < -0.39 is 15.1 Å². The van der Waals surface area contributed by atoms with Crippen LogP contribution in [-0.4, -0.2) is 61.5 Å². The molecule has 0 spiro atoms. The van der Waals surface area contributed by atoms with E-state index in [0.717, 1.165) is 24.1 Å². The summed E-state index contributed by atoms with van der Waals surface area (Å²) in [6, 6.07) is 7.59. The topological polar surface area (TPSA) is 114 Å². The van der Waals surface area contributed by atoms with E-state index in [2.05, 4.69) is 22.5 Å². The van der Waals surface area contributed by atoms with Crippen molar-refractivity contribution in [2.24, 2.45) is 0 Å². The van der Waals surface area contributed by atoms with Gasteiger partial charge in [-0.25, -0.2) is 23.2 Å². The number of aromatic nitrogens is 2. The summed E-state index contributed by atoms with van der Waals surface area (Å²) in [6.07, 6.45) is 2.44. The quantitative estimate of drug-likeness (QED) is 0.704. The van der Waals surface area contributed by atoms with Crippen molar-refractivity contribution in [2.75, 3.05) is 30.0 Å². The monoisotopic (exact) mass is 471 g/mol. The van der Waals surface area contributed by atoms with Gasteiger partial charge in [-0.2, -0.15) is 0 Å². The maximum Gasteiger partial charge on any atom is 0.319 e. The number of amides is 2. The van der Waals surface area contributed by atoms with Gasteiger partial charge in [0.05, 0.1) is 36.0 Å². The Labute approximate surface area is 193 Å². The number of sulfone groups is 1. The first-order valence-electron chi connectivity index (χ1n) is 11.4. The van der Waals surface area contributed by atoms with Crippen LogP contribution in [-0.2, 0) is 26.7 Å². The number of carbonyl (C=O) groups excluding carboxylic acids is 1. The molecule has 2 aromatic rings. The minimum absolute atomic E-state index is 0.0395. The Kier molecular flexibility index (Phi) is 5.74. The smallest absolute Gasteiger partial charge is 0.319 e. The van der Waals surface area contributed by atoms with E-state index >= 15 is 0 Å². The predicted octanol–water partition coefficient (Wildman–Crippen LogP) is 2.51. The molecule has 2 N–H and O–H groups in total. The average Bonchev–Trinajstić information content (AvgIpc) is 3.59. The largest absolute Gasteiger partial charge is 0.377 e. The van der Waals surface area contributed by atoms with Crippen LogP contribution in [0.3, 0.4) is 0 Å². The van der Waals surface area contributed by atoms with Gasteiger partial charge in [-0.3, -0.25) is 0 Å². The van der Waals surface area contributed by atoms with Crippen LogP contribution in [0.5, 0.6) is 0 Å². The van der Waals surface area contributed by atoms with Crippen LogP contribution in [0, 0.1) is 0 Å². The Morgan fingerprint density at radius 1 is 1.15 bits per heavy atom. The van der Waals surface area contributed by atoms with Crippen LogP contribution in [0.25, 0.3) is 11.4 Å². The van der Waals surface area contributed by atoms with E-state index in [9.17, 15) is 13.2 Å². The molecule has 1 saturated carbocycles. The lowest BCUT2D eigenvalue weighted by Crippen LogP contribution is -2.45. The average molecular weight is 472 g/mol. The number of urea groups is 1. The lowest BCUT2D eigenvalue weighted by Gasteiger charge is -2.37. The normalized spacial score (nSPS) is 24.1. The number of anilines is 2. The third-order valence-corrected chi connectivity index (χ3v) is 8.55. The Balaban J connectivity index is 1.48. The molecular formula is C23H29N5O4S. The fourth-order valence-electron chi connectivity index (χ4n) is 4.27. The van der Waals surface area contributed by atoms with E-state index in [0.29, 0.717) is 55.1 Å². The number of ether oxygens (including phenoxy) is 1. The maximum absolute atomic E-state index is 12.7. The van der Waals surface area contributed by atoms with Gasteiger partial charge in [0, 0.05) is 35.8 Å². The summed E-state index contributed by atoms with van der Waals surface area (Å²) < 4.78 is 30.9. The van der Waals surface area contributed by atoms with Gasteiger partial charge in [0.15, 0.2) is 15.7 Å². The SMILES string of the molecule is CC1COCCN1c1nc(-c2ccc(NC(=O)NC3CC3)cc2)nc2c1CS(=O)(=O)C(C)C2. The van der Waals surface area contributed by atoms with Crippen molar-refractivity contribution in [3.05, 3.63) is 35.5 Å². The molecule has 0 radical (unpaired) electrons. The molecule has 2 atom stereocenters. The van der Waals surface area contributed by atoms with Gasteiger partial charge in [0.25, 0.3) is 0 Å². The first kappa shape index (κ1) is 22.1. The molecule has 1 aliphatic carbocycles. The summed E-state index contributed by atoms with van der Waals surface area (Å²) in [4.78, 5) is 23.8. The Morgan fingerprint density at radius 3 is 2.61 bits per heavy atom. The van der Waals surface area contributed by atoms with Crippen molar-refractivity contribution < 1.29 is 17.9 Å². The minimum atomic E-state index is -3.24. The molecule has 2 aliphatic heterocycles. The van der Waals surface area contributed by atoms with Gasteiger partial charge < -0.3 is 20.3 Å². The fraction of sp³-hybridized carbons (Fsp3) is 0.522. The molecule has 1 saturated heterocycles. The number of rotatable bonds is 4. The van der Waals surface area contributed by atoms with Crippen molar-refractivity contribution >= 4 is 27.4 Å². The van der Waals surface area contributed by atoms with Crippen molar-refractivity contribution in [2.45, 2.75) is 56.2 Å². The third kappa shape index (κ3) is 4.67. The lowest BCUT2D eigenvalue weighted by atomic mass is 10.1. The van der Waals surface area contributed by atoms with Gasteiger partial charge >= 0.3 is 6.03 Å². The lowest BCUT2D eigenvalue weighted by molar-refractivity contribution is 0.0984. The van der Waals surface area contributed by atoms with Crippen molar-refractivity contribution in [1.82, 2.24) is 15.3 Å². The van der Waals surface area contributed by atoms with Crippen LogP contribution in [0.2, 0.25) is 0 Å². The van der Waals surface area contributed by atoms with Crippen LogP contribution >= 0.6 is 0 Å². The highest BCUT2D eigenvalue weighted by molar-refractivity contribution is 7.91. The molecule has 1 aromatic carbocycles. The molecule has 2 fully saturated rings. The Hall–Kier alpha value is -2.72. The molecule has 2 amide bonds. The molecule has 5 rings (SSSR count). The maximum atomic E-state index is 12.7. The molecule has 0 bridgehead atoms. The summed E-state index contributed by atoms with van der Waals surface area (Å²) in [6.45, 7) is 5.59. The van der Waals surface area contributed by atoms with E-state index in [1.807, 2.05) is 24.3 Å². The molecule has 33 heavy (non-hydrogen) atoms. The number of carbonyl (C=O) groups is 1. The summed E-state index contributed by atoms with van der Waals surface area (Å²) in [7, 11) is -3.24. The van der Waals surface area contributed by atoms with Crippen molar-refractivity contribution in [3.8, 4) is 11.4 Å². The zero-order valence-electron chi connectivity index (χ0n) is 18.9. The van der Waals surface area contributed by atoms with Gasteiger partial charge in [-0.1, -0.05) is 0 Å². The zero-order chi connectivity index (χ0) is 23.2.